The number of aryl methyl sites for hydroxylation is 1. The fourth-order valence-corrected chi connectivity index (χ4v) is 1.75. The van der Waals surface area contributed by atoms with Gasteiger partial charge in [-0.2, -0.15) is 0 Å². The van der Waals surface area contributed by atoms with Crippen molar-refractivity contribution in [1.29, 1.82) is 0 Å². The Morgan fingerprint density at radius 3 is 2.50 bits per heavy atom. The summed E-state index contributed by atoms with van der Waals surface area (Å²) in [5, 5.41) is 2.82. The highest BCUT2D eigenvalue weighted by molar-refractivity contribution is 9.10. The number of amides is 1. The molecule has 1 N–H and O–H groups in total. The van der Waals surface area contributed by atoms with Crippen molar-refractivity contribution in [3.63, 3.8) is 0 Å². The monoisotopic (exact) mass is 313 g/mol. The Morgan fingerprint density at radius 1 is 1.39 bits per heavy atom. The van der Waals surface area contributed by atoms with Crippen LogP contribution in [0.4, 0.5) is 4.79 Å². The molecular weight excluding hydrogens is 294 g/mol. The van der Waals surface area contributed by atoms with E-state index in [0.717, 1.165) is 15.6 Å². The third kappa shape index (κ3) is 4.69. The summed E-state index contributed by atoms with van der Waals surface area (Å²) in [7, 11) is 0. The van der Waals surface area contributed by atoms with Crippen LogP contribution in [0.25, 0.3) is 0 Å². The van der Waals surface area contributed by atoms with E-state index >= 15 is 0 Å². The minimum absolute atomic E-state index is 0.0772. The van der Waals surface area contributed by atoms with E-state index in [1.807, 2.05) is 52.8 Å². The van der Waals surface area contributed by atoms with Crippen LogP contribution < -0.4 is 5.32 Å². The van der Waals surface area contributed by atoms with Gasteiger partial charge in [-0.15, -0.1) is 0 Å². The lowest BCUT2D eigenvalue weighted by molar-refractivity contribution is 0.0508. The topological polar surface area (TPSA) is 38.3 Å². The highest BCUT2D eigenvalue weighted by atomic mass is 79.9. The smallest absolute Gasteiger partial charge is 0.408 e. The molecule has 3 nitrogen and oxygen atoms in total. The highest BCUT2D eigenvalue weighted by Gasteiger charge is 2.18. The zero-order chi connectivity index (χ0) is 13.9. The number of halogens is 1. The van der Waals surface area contributed by atoms with Gasteiger partial charge in [-0.1, -0.05) is 28.1 Å². The molecule has 0 heterocycles. The van der Waals surface area contributed by atoms with Crippen molar-refractivity contribution in [2.45, 2.75) is 46.3 Å². The summed E-state index contributed by atoms with van der Waals surface area (Å²) in [6.45, 7) is 9.50. The van der Waals surface area contributed by atoms with Crippen LogP contribution in [0, 0.1) is 6.92 Å². The molecular formula is C14H20BrNO2. The zero-order valence-corrected chi connectivity index (χ0v) is 13.1. The summed E-state index contributed by atoms with van der Waals surface area (Å²) in [6.07, 6.45) is -0.393. The molecule has 0 saturated heterocycles. The van der Waals surface area contributed by atoms with Gasteiger partial charge in [0.05, 0.1) is 6.04 Å². The normalized spacial score (nSPS) is 13.0. The third-order valence-electron chi connectivity index (χ3n) is 2.42. The fraction of sp³-hybridized carbons (Fsp3) is 0.500. The molecule has 0 unspecified atom stereocenters. The van der Waals surface area contributed by atoms with Gasteiger partial charge < -0.3 is 10.1 Å². The number of benzene rings is 1. The summed E-state index contributed by atoms with van der Waals surface area (Å²) < 4.78 is 6.29. The van der Waals surface area contributed by atoms with Crippen molar-refractivity contribution < 1.29 is 9.53 Å². The summed E-state index contributed by atoms with van der Waals surface area (Å²) >= 11 is 3.46. The average Bonchev–Trinajstić information content (AvgIpc) is 2.18. The van der Waals surface area contributed by atoms with Crippen LogP contribution in [0.15, 0.2) is 22.7 Å². The van der Waals surface area contributed by atoms with Crippen LogP contribution in [0.3, 0.4) is 0 Å². The number of nitrogens with one attached hydrogen (secondary N) is 1. The molecule has 0 saturated carbocycles. The number of ether oxygens (including phenoxy) is 1. The van der Waals surface area contributed by atoms with Gasteiger partial charge in [0, 0.05) is 4.47 Å². The first-order valence-electron chi connectivity index (χ1n) is 5.94. The molecule has 4 heteroatoms. The lowest BCUT2D eigenvalue weighted by Gasteiger charge is -2.22. The standard InChI is InChI=1S/C14H20BrNO2/c1-9-8-11(6-7-12(9)15)10(2)16-13(17)18-14(3,4)5/h6-8,10H,1-5H3,(H,16,17)/t10-/m0/s1. The molecule has 0 fully saturated rings. The SMILES string of the molecule is Cc1cc([C@H](C)NC(=O)OC(C)(C)C)ccc1Br. The first-order chi connectivity index (χ1) is 8.19. The molecule has 0 aromatic heterocycles. The maximum absolute atomic E-state index is 11.7. The summed E-state index contributed by atoms with van der Waals surface area (Å²) in [4.78, 5) is 11.7. The largest absolute Gasteiger partial charge is 0.444 e. The first kappa shape index (κ1) is 15.0. The van der Waals surface area contributed by atoms with Gasteiger partial charge >= 0.3 is 6.09 Å². The minimum atomic E-state index is -0.473. The molecule has 0 spiro atoms. The second-order valence-electron chi connectivity index (χ2n) is 5.38. The molecule has 100 valence electrons. The van der Waals surface area contributed by atoms with Crippen LogP contribution in [-0.4, -0.2) is 11.7 Å². The Hall–Kier alpha value is -1.03. The number of alkyl carbamates (subject to hydrolysis) is 1. The Bertz CT molecular complexity index is 438. The van der Waals surface area contributed by atoms with Crippen molar-refractivity contribution in [1.82, 2.24) is 5.32 Å². The lowest BCUT2D eigenvalue weighted by atomic mass is 10.1. The van der Waals surface area contributed by atoms with E-state index in [0.29, 0.717) is 0 Å². The molecule has 0 aliphatic carbocycles. The number of carbonyl (C=O) groups excluding carboxylic acids is 1. The summed E-state index contributed by atoms with van der Waals surface area (Å²) in [6, 6.07) is 5.94. The van der Waals surface area contributed by atoms with Gasteiger partial charge in [-0.05, 0) is 51.8 Å². The molecule has 18 heavy (non-hydrogen) atoms. The maximum atomic E-state index is 11.7. The van der Waals surface area contributed by atoms with Gasteiger partial charge in [0.15, 0.2) is 0 Å². The predicted octanol–water partition coefficient (Wildman–Crippen LogP) is 4.34. The van der Waals surface area contributed by atoms with Gasteiger partial charge in [-0.3, -0.25) is 0 Å². The van der Waals surface area contributed by atoms with E-state index in [-0.39, 0.29) is 6.04 Å². The first-order valence-corrected chi connectivity index (χ1v) is 6.74. The molecule has 1 amide bonds. The van der Waals surface area contributed by atoms with Gasteiger partial charge in [0.25, 0.3) is 0 Å². The van der Waals surface area contributed by atoms with Crippen LogP contribution in [0.1, 0.15) is 44.9 Å². The van der Waals surface area contributed by atoms with E-state index in [1.54, 1.807) is 0 Å². The Kier molecular flexibility index (Phi) is 4.79. The Balaban J connectivity index is 2.68. The Labute approximate surface area is 117 Å². The van der Waals surface area contributed by atoms with Crippen molar-refractivity contribution in [3.05, 3.63) is 33.8 Å². The second kappa shape index (κ2) is 5.74. The van der Waals surface area contributed by atoms with Crippen molar-refractivity contribution in [2.75, 3.05) is 0 Å². The van der Waals surface area contributed by atoms with Gasteiger partial charge in [0.1, 0.15) is 5.60 Å². The number of carbonyl (C=O) groups is 1. The van der Waals surface area contributed by atoms with Crippen molar-refractivity contribution >= 4 is 22.0 Å². The van der Waals surface area contributed by atoms with E-state index in [4.69, 9.17) is 4.74 Å². The van der Waals surface area contributed by atoms with Crippen LogP contribution in [0.5, 0.6) is 0 Å². The quantitative estimate of drug-likeness (QED) is 0.881. The molecule has 1 rings (SSSR count). The molecule has 0 aliphatic heterocycles. The molecule has 0 aliphatic rings. The molecule has 0 bridgehead atoms. The number of hydrogen-bond acceptors (Lipinski definition) is 2. The third-order valence-corrected chi connectivity index (χ3v) is 3.30. The van der Waals surface area contributed by atoms with E-state index < -0.39 is 11.7 Å². The minimum Gasteiger partial charge on any atom is -0.444 e. The van der Waals surface area contributed by atoms with Crippen LogP contribution in [-0.2, 0) is 4.74 Å². The molecule has 0 radical (unpaired) electrons. The molecule has 1 atom stereocenters. The lowest BCUT2D eigenvalue weighted by Crippen LogP contribution is -2.34. The van der Waals surface area contributed by atoms with Crippen molar-refractivity contribution in [2.24, 2.45) is 0 Å². The average molecular weight is 314 g/mol. The number of hydrogen-bond donors (Lipinski definition) is 1. The van der Waals surface area contributed by atoms with Crippen molar-refractivity contribution in [3.8, 4) is 0 Å². The van der Waals surface area contributed by atoms with E-state index in [9.17, 15) is 4.79 Å². The van der Waals surface area contributed by atoms with E-state index in [2.05, 4.69) is 21.2 Å². The second-order valence-corrected chi connectivity index (χ2v) is 6.23. The zero-order valence-electron chi connectivity index (χ0n) is 11.5. The Morgan fingerprint density at radius 2 is 2.00 bits per heavy atom. The molecule has 1 aromatic rings. The maximum Gasteiger partial charge on any atom is 0.408 e. The van der Waals surface area contributed by atoms with Gasteiger partial charge in [-0.25, -0.2) is 4.79 Å². The predicted molar refractivity (Wildman–Crippen MR) is 76.7 cm³/mol. The summed E-state index contributed by atoms with van der Waals surface area (Å²) in [5.74, 6) is 0. The molecule has 1 aromatic carbocycles. The van der Waals surface area contributed by atoms with E-state index in [1.165, 1.54) is 0 Å². The summed E-state index contributed by atoms with van der Waals surface area (Å²) in [5.41, 5.74) is 1.73. The highest BCUT2D eigenvalue weighted by Crippen LogP contribution is 2.21. The number of rotatable bonds is 2. The fourth-order valence-electron chi connectivity index (χ4n) is 1.50. The van der Waals surface area contributed by atoms with Gasteiger partial charge in [0.2, 0.25) is 0 Å². The van der Waals surface area contributed by atoms with Crippen LogP contribution in [0.2, 0.25) is 0 Å². The van der Waals surface area contributed by atoms with Crippen LogP contribution >= 0.6 is 15.9 Å².